The minimum Gasteiger partial charge on any atom is -0.356 e. The minimum atomic E-state index is -0.321. The topological polar surface area (TPSA) is 15.8 Å². The molecule has 0 atom stereocenters. The standard InChI is InChI=1S/C11H9ClFN/c12-8-5-4-7-6-2-1-3-9(6)14-11(7)10(8)13/h4-5,14H,1-3H2. The summed E-state index contributed by atoms with van der Waals surface area (Å²) in [7, 11) is 0. The van der Waals surface area contributed by atoms with Gasteiger partial charge in [-0.05, 0) is 30.9 Å². The van der Waals surface area contributed by atoms with E-state index in [1.807, 2.05) is 6.07 Å². The molecule has 72 valence electrons. The highest BCUT2D eigenvalue weighted by atomic mass is 35.5. The van der Waals surface area contributed by atoms with Crippen molar-refractivity contribution < 1.29 is 4.39 Å². The van der Waals surface area contributed by atoms with Crippen molar-refractivity contribution >= 4 is 22.5 Å². The van der Waals surface area contributed by atoms with Gasteiger partial charge in [-0.15, -0.1) is 0 Å². The van der Waals surface area contributed by atoms with E-state index in [1.165, 1.54) is 17.7 Å². The van der Waals surface area contributed by atoms with Gasteiger partial charge in [0.2, 0.25) is 0 Å². The van der Waals surface area contributed by atoms with Crippen molar-refractivity contribution in [3.05, 3.63) is 34.2 Å². The van der Waals surface area contributed by atoms with Gasteiger partial charge in [0.05, 0.1) is 10.5 Å². The zero-order valence-corrected chi connectivity index (χ0v) is 8.29. The number of hydrogen-bond acceptors (Lipinski definition) is 0. The highest BCUT2D eigenvalue weighted by molar-refractivity contribution is 6.31. The highest BCUT2D eigenvalue weighted by Crippen LogP contribution is 2.33. The molecule has 3 heteroatoms. The Hall–Kier alpha value is -1.02. The molecular weight excluding hydrogens is 201 g/mol. The normalized spacial score (nSPS) is 15.0. The van der Waals surface area contributed by atoms with Gasteiger partial charge in [0.25, 0.3) is 0 Å². The van der Waals surface area contributed by atoms with Gasteiger partial charge >= 0.3 is 0 Å². The molecule has 0 aliphatic heterocycles. The summed E-state index contributed by atoms with van der Waals surface area (Å²) >= 11 is 5.72. The Labute approximate surface area is 85.9 Å². The first-order valence-electron chi connectivity index (χ1n) is 4.75. The molecule has 0 spiro atoms. The van der Waals surface area contributed by atoms with E-state index >= 15 is 0 Å². The molecule has 0 unspecified atom stereocenters. The molecule has 0 radical (unpaired) electrons. The molecule has 0 fully saturated rings. The van der Waals surface area contributed by atoms with E-state index in [0.717, 1.165) is 18.2 Å². The van der Waals surface area contributed by atoms with Crippen LogP contribution in [0.1, 0.15) is 17.7 Å². The molecule has 1 nitrogen and oxygen atoms in total. The number of H-pyrrole nitrogens is 1. The molecule has 0 bridgehead atoms. The summed E-state index contributed by atoms with van der Waals surface area (Å²) in [6.07, 6.45) is 3.25. The number of fused-ring (bicyclic) bond motifs is 3. The van der Waals surface area contributed by atoms with Crippen molar-refractivity contribution in [3.63, 3.8) is 0 Å². The smallest absolute Gasteiger partial charge is 0.165 e. The van der Waals surface area contributed by atoms with Crippen LogP contribution in [0.15, 0.2) is 12.1 Å². The Balaban J connectivity index is 2.43. The van der Waals surface area contributed by atoms with Crippen LogP contribution in [0.25, 0.3) is 10.9 Å². The van der Waals surface area contributed by atoms with Crippen LogP contribution in [0, 0.1) is 5.82 Å². The minimum absolute atomic E-state index is 0.192. The summed E-state index contributed by atoms with van der Waals surface area (Å²) in [6.45, 7) is 0. The predicted molar refractivity (Wildman–Crippen MR) is 55.3 cm³/mol. The molecule has 1 aliphatic carbocycles. The lowest BCUT2D eigenvalue weighted by Crippen LogP contribution is -1.82. The van der Waals surface area contributed by atoms with Gasteiger partial charge in [-0.2, -0.15) is 0 Å². The maximum atomic E-state index is 13.6. The van der Waals surface area contributed by atoms with Crippen LogP contribution in [-0.2, 0) is 12.8 Å². The fourth-order valence-electron chi connectivity index (χ4n) is 2.25. The van der Waals surface area contributed by atoms with Crippen molar-refractivity contribution in [1.29, 1.82) is 0 Å². The quantitative estimate of drug-likeness (QED) is 0.684. The van der Waals surface area contributed by atoms with Crippen LogP contribution in [0.5, 0.6) is 0 Å². The number of hydrogen-bond donors (Lipinski definition) is 1. The average Bonchev–Trinajstić information content (AvgIpc) is 2.71. The SMILES string of the molecule is Fc1c(Cl)ccc2c3c([nH]c12)CCC3. The summed E-state index contributed by atoms with van der Waals surface area (Å²) in [5.74, 6) is -0.321. The van der Waals surface area contributed by atoms with Gasteiger partial charge in [-0.3, -0.25) is 0 Å². The molecule has 0 saturated heterocycles. The maximum absolute atomic E-state index is 13.6. The third kappa shape index (κ3) is 0.947. The van der Waals surface area contributed by atoms with E-state index in [-0.39, 0.29) is 10.8 Å². The number of rotatable bonds is 0. The molecule has 1 aromatic carbocycles. The van der Waals surface area contributed by atoms with Gasteiger partial charge in [0.15, 0.2) is 5.82 Å². The fraction of sp³-hybridized carbons (Fsp3) is 0.273. The first-order valence-corrected chi connectivity index (χ1v) is 5.12. The number of benzene rings is 1. The maximum Gasteiger partial charge on any atom is 0.165 e. The second kappa shape index (κ2) is 2.74. The van der Waals surface area contributed by atoms with Crippen molar-refractivity contribution in [3.8, 4) is 0 Å². The van der Waals surface area contributed by atoms with Crippen molar-refractivity contribution in [1.82, 2.24) is 4.98 Å². The van der Waals surface area contributed by atoms with Crippen LogP contribution >= 0.6 is 11.6 Å². The van der Waals surface area contributed by atoms with Crippen LogP contribution in [0.4, 0.5) is 4.39 Å². The van der Waals surface area contributed by atoms with E-state index in [0.29, 0.717) is 5.52 Å². The molecule has 1 heterocycles. The lowest BCUT2D eigenvalue weighted by Gasteiger charge is -1.97. The Morgan fingerprint density at radius 2 is 2.14 bits per heavy atom. The number of halogens is 2. The van der Waals surface area contributed by atoms with Gasteiger partial charge in [0, 0.05) is 11.1 Å². The zero-order valence-electron chi connectivity index (χ0n) is 7.53. The van der Waals surface area contributed by atoms with Crippen molar-refractivity contribution in [2.75, 3.05) is 0 Å². The Bertz CT molecular complexity index is 515. The van der Waals surface area contributed by atoms with Gasteiger partial charge in [0.1, 0.15) is 0 Å². The molecule has 0 saturated carbocycles. The van der Waals surface area contributed by atoms with E-state index < -0.39 is 0 Å². The lowest BCUT2D eigenvalue weighted by atomic mass is 10.1. The third-order valence-electron chi connectivity index (χ3n) is 2.91. The summed E-state index contributed by atoms with van der Waals surface area (Å²) in [5, 5.41) is 1.19. The van der Waals surface area contributed by atoms with Crippen LogP contribution < -0.4 is 0 Å². The monoisotopic (exact) mass is 209 g/mol. The number of nitrogens with one attached hydrogen (secondary N) is 1. The van der Waals surface area contributed by atoms with Crippen LogP contribution in [-0.4, -0.2) is 4.98 Å². The number of aromatic nitrogens is 1. The molecule has 1 aromatic heterocycles. The van der Waals surface area contributed by atoms with Gasteiger partial charge in [-0.25, -0.2) is 4.39 Å². The third-order valence-corrected chi connectivity index (χ3v) is 3.21. The lowest BCUT2D eigenvalue weighted by molar-refractivity contribution is 0.637. The van der Waals surface area contributed by atoms with E-state index in [4.69, 9.17) is 11.6 Å². The van der Waals surface area contributed by atoms with Crippen molar-refractivity contribution in [2.24, 2.45) is 0 Å². The Morgan fingerprint density at radius 1 is 1.29 bits per heavy atom. The van der Waals surface area contributed by atoms with E-state index in [2.05, 4.69) is 4.98 Å². The summed E-state index contributed by atoms with van der Waals surface area (Å²) < 4.78 is 13.6. The van der Waals surface area contributed by atoms with Crippen LogP contribution in [0.2, 0.25) is 5.02 Å². The zero-order chi connectivity index (χ0) is 9.71. The van der Waals surface area contributed by atoms with E-state index in [1.54, 1.807) is 6.07 Å². The highest BCUT2D eigenvalue weighted by Gasteiger charge is 2.19. The fourth-order valence-corrected chi connectivity index (χ4v) is 2.41. The second-order valence-electron chi connectivity index (χ2n) is 3.72. The summed E-state index contributed by atoms with van der Waals surface area (Å²) in [6, 6.07) is 3.53. The largest absolute Gasteiger partial charge is 0.356 e. The molecule has 2 aromatic rings. The summed E-state index contributed by atoms with van der Waals surface area (Å²) in [5.41, 5.74) is 3.03. The predicted octanol–water partition coefficient (Wildman–Crippen LogP) is 3.45. The first-order chi connectivity index (χ1) is 6.77. The number of aromatic amines is 1. The molecule has 0 amide bonds. The van der Waals surface area contributed by atoms with Gasteiger partial charge < -0.3 is 4.98 Å². The Kier molecular flexibility index (Phi) is 1.62. The van der Waals surface area contributed by atoms with Crippen LogP contribution in [0.3, 0.4) is 0 Å². The first kappa shape index (κ1) is 8.30. The Morgan fingerprint density at radius 3 is 3.00 bits per heavy atom. The molecule has 1 aliphatic rings. The molecule has 3 rings (SSSR count). The van der Waals surface area contributed by atoms with Gasteiger partial charge in [-0.1, -0.05) is 17.7 Å². The number of aryl methyl sites for hydroxylation is 2. The molecular formula is C11H9ClFN. The average molecular weight is 210 g/mol. The molecule has 14 heavy (non-hydrogen) atoms. The second-order valence-corrected chi connectivity index (χ2v) is 4.13. The van der Waals surface area contributed by atoms with E-state index in [9.17, 15) is 4.39 Å². The molecule has 1 N–H and O–H groups in total. The van der Waals surface area contributed by atoms with Crippen molar-refractivity contribution in [2.45, 2.75) is 19.3 Å². The summed E-state index contributed by atoms with van der Waals surface area (Å²) in [4.78, 5) is 3.13.